The van der Waals surface area contributed by atoms with Crippen LogP contribution in [-0.4, -0.2) is 24.2 Å². The molecule has 0 amide bonds. The minimum absolute atomic E-state index is 0.0215. The molecule has 1 saturated heterocycles. The number of fused-ring (bicyclic) bond motifs is 1. The maximum absolute atomic E-state index is 12.6. The van der Waals surface area contributed by atoms with Gasteiger partial charge in [0.05, 0.1) is 34.9 Å². The number of rotatable bonds is 1. The predicted molar refractivity (Wildman–Crippen MR) is 66.2 cm³/mol. The van der Waals surface area contributed by atoms with Gasteiger partial charge in [0.15, 0.2) is 0 Å². The highest BCUT2D eigenvalue weighted by Gasteiger charge is 2.32. The molecule has 3 nitrogen and oxygen atoms in total. The molecule has 2 N–H and O–H groups in total. The number of hydrogen-bond donors (Lipinski definition) is 1. The summed E-state index contributed by atoms with van der Waals surface area (Å²) in [5.41, 5.74) is 5.59. The van der Waals surface area contributed by atoms with Gasteiger partial charge in [0.1, 0.15) is 5.01 Å². The van der Waals surface area contributed by atoms with Crippen molar-refractivity contribution >= 4 is 21.6 Å². The molecular weight excluding hydrogens is 277 g/mol. The van der Waals surface area contributed by atoms with E-state index in [1.807, 2.05) is 0 Å². The fourth-order valence-corrected chi connectivity index (χ4v) is 3.21. The lowest BCUT2D eigenvalue weighted by atomic mass is 10.1. The number of nitrogens with two attached hydrogens (primary N) is 1. The lowest BCUT2D eigenvalue weighted by Crippen LogP contribution is -2.26. The first-order valence-corrected chi connectivity index (χ1v) is 6.58. The van der Waals surface area contributed by atoms with Crippen LogP contribution < -0.4 is 5.73 Å². The van der Waals surface area contributed by atoms with Crippen molar-refractivity contribution in [3.05, 3.63) is 28.8 Å². The second kappa shape index (κ2) is 4.43. The highest BCUT2D eigenvalue weighted by atomic mass is 32.1. The number of halogens is 3. The van der Waals surface area contributed by atoms with Gasteiger partial charge in [-0.05, 0) is 18.2 Å². The Morgan fingerprint density at radius 1 is 1.32 bits per heavy atom. The summed E-state index contributed by atoms with van der Waals surface area (Å²) in [6, 6.07) is 3.48. The number of aromatic nitrogens is 1. The Hall–Kier alpha value is -1.18. The van der Waals surface area contributed by atoms with E-state index >= 15 is 0 Å². The summed E-state index contributed by atoms with van der Waals surface area (Å²) < 4.78 is 43.9. The van der Waals surface area contributed by atoms with E-state index in [0.29, 0.717) is 18.7 Å². The normalized spacial score (nSPS) is 24.2. The SMILES string of the molecule is NC1COCC1c1nc2cc(C(F)(F)F)ccc2s1. The molecule has 2 atom stereocenters. The lowest BCUT2D eigenvalue weighted by molar-refractivity contribution is -0.137. The van der Waals surface area contributed by atoms with Gasteiger partial charge < -0.3 is 10.5 Å². The average molecular weight is 288 g/mol. The van der Waals surface area contributed by atoms with Crippen molar-refractivity contribution in [3.63, 3.8) is 0 Å². The summed E-state index contributed by atoms with van der Waals surface area (Å²) >= 11 is 1.38. The molecule has 1 fully saturated rings. The Labute approximate surface area is 111 Å². The van der Waals surface area contributed by atoms with E-state index in [1.54, 1.807) is 0 Å². The van der Waals surface area contributed by atoms with E-state index in [-0.39, 0.29) is 12.0 Å². The molecule has 3 rings (SSSR count). The van der Waals surface area contributed by atoms with Crippen molar-refractivity contribution in [1.29, 1.82) is 0 Å². The molecule has 0 saturated carbocycles. The summed E-state index contributed by atoms with van der Waals surface area (Å²) in [6.45, 7) is 0.946. The van der Waals surface area contributed by atoms with Gasteiger partial charge in [-0.25, -0.2) is 4.98 Å². The van der Waals surface area contributed by atoms with Gasteiger partial charge in [-0.2, -0.15) is 13.2 Å². The van der Waals surface area contributed by atoms with Gasteiger partial charge in [0.2, 0.25) is 0 Å². The smallest absolute Gasteiger partial charge is 0.379 e. The van der Waals surface area contributed by atoms with Crippen LogP contribution in [0.1, 0.15) is 16.5 Å². The lowest BCUT2D eigenvalue weighted by Gasteiger charge is -2.08. The van der Waals surface area contributed by atoms with Gasteiger partial charge in [-0.15, -0.1) is 11.3 Å². The largest absolute Gasteiger partial charge is 0.416 e. The zero-order valence-corrected chi connectivity index (χ0v) is 10.6. The monoisotopic (exact) mass is 288 g/mol. The number of ether oxygens (including phenoxy) is 1. The fraction of sp³-hybridized carbons (Fsp3) is 0.417. The third kappa shape index (κ3) is 2.33. The third-order valence-corrected chi connectivity index (χ3v) is 4.34. The van der Waals surface area contributed by atoms with Crippen molar-refractivity contribution < 1.29 is 17.9 Å². The molecule has 2 unspecified atom stereocenters. The van der Waals surface area contributed by atoms with Gasteiger partial charge in [-0.1, -0.05) is 0 Å². The van der Waals surface area contributed by atoms with Crippen LogP contribution in [-0.2, 0) is 10.9 Å². The molecule has 7 heteroatoms. The Bertz CT molecular complexity index is 611. The van der Waals surface area contributed by atoms with E-state index in [0.717, 1.165) is 21.8 Å². The Balaban J connectivity index is 2.01. The second-order valence-corrected chi connectivity index (χ2v) is 5.60. The molecule has 1 aliphatic rings. The van der Waals surface area contributed by atoms with Crippen molar-refractivity contribution in [2.24, 2.45) is 5.73 Å². The molecule has 1 aromatic heterocycles. The minimum Gasteiger partial charge on any atom is -0.379 e. The minimum atomic E-state index is -4.34. The quantitative estimate of drug-likeness (QED) is 0.877. The van der Waals surface area contributed by atoms with Crippen LogP contribution in [0.25, 0.3) is 10.2 Å². The van der Waals surface area contributed by atoms with Crippen LogP contribution >= 0.6 is 11.3 Å². The van der Waals surface area contributed by atoms with Gasteiger partial charge in [-0.3, -0.25) is 0 Å². The average Bonchev–Trinajstić information content (AvgIpc) is 2.91. The zero-order valence-electron chi connectivity index (χ0n) is 9.78. The van der Waals surface area contributed by atoms with E-state index in [4.69, 9.17) is 10.5 Å². The van der Waals surface area contributed by atoms with E-state index in [2.05, 4.69) is 4.98 Å². The van der Waals surface area contributed by atoms with Crippen molar-refractivity contribution in [2.45, 2.75) is 18.1 Å². The van der Waals surface area contributed by atoms with Crippen LogP contribution in [0, 0.1) is 0 Å². The van der Waals surface area contributed by atoms with Crippen LogP contribution in [0.15, 0.2) is 18.2 Å². The standard InChI is InChI=1S/C12H11F3N2OS/c13-12(14,15)6-1-2-10-9(3-6)17-11(19-10)7-4-18-5-8(7)16/h1-3,7-8H,4-5,16H2. The maximum Gasteiger partial charge on any atom is 0.416 e. The summed E-state index contributed by atoms with van der Waals surface area (Å²) in [5, 5.41) is 0.749. The first-order valence-electron chi connectivity index (χ1n) is 5.76. The molecule has 0 bridgehead atoms. The second-order valence-electron chi connectivity index (χ2n) is 4.54. The van der Waals surface area contributed by atoms with Gasteiger partial charge in [0, 0.05) is 6.04 Å². The molecule has 0 aliphatic carbocycles. The highest BCUT2D eigenvalue weighted by molar-refractivity contribution is 7.18. The predicted octanol–water partition coefficient (Wildman–Crippen LogP) is 2.76. The Morgan fingerprint density at radius 2 is 2.11 bits per heavy atom. The van der Waals surface area contributed by atoms with E-state index in [9.17, 15) is 13.2 Å². The number of alkyl halides is 3. The molecule has 0 spiro atoms. The van der Waals surface area contributed by atoms with Crippen LogP contribution in [0.2, 0.25) is 0 Å². The third-order valence-electron chi connectivity index (χ3n) is 3.17. The molecular formula is C12H11F3N2OS. The number of hydrogen-bond acceptors (Lipinski definition) is 4. The van der Waals surface area contributed by atoms with Crippen molar-refractivity contribution in [1.82, 2.24) is 4.98 Å². The summed E-state index contributed by atoms with van der Waals surface area (Å²) in [4.78, 5) is 4.28. The fourth-order valence-electron chi connectivity index (χ4n) is 2.11. The maximum atomic E-state index is 12.6. The molecule has 1 aliphatic heterocycles. The molecule has 19 heavy (non-hydrogen) atoms. The van der Waals surface area contributed by atoms with Gasteiger partial charge >= 0.3 is 6.18 Å². The van der Waals surface area contributed by atoms with Gasteiger partial charge in [0.25, 0.3) is 0 Å². The summed E-state index contributed by atoms with van der Waals surface area (Å²) in [6.07, 6.45) is -4.34. The first-order chi connectivity index (χ1) is 8.95. The zero-order chi connectivity index (χ0) is 13.6. The van der Waals surface area contributed by atoms with E-state index in [1.165, 1.54) is 17.4 Å². The topological polar surface area (TPSA) is 48.1 Å². The van der Waals surface area contributed by atoms with Crippen molar-refractivity contribution in [3.8, 4) is 0 Å². The molecule has 1 aromatic carbocycles. The van der Waals surface area contributed by atoms with Crippen LogP contribution in [0.4, 0.5) is 13.2 Å². The van der Waals surface area contributed by atoms with Crippen LogP contribution in [0.5, 0.6) is 0 Å². The Morgan fingerprint density at radius 3 is 2.74 bits per heavy atom. The number of nitrogens with zero attached hydrogens (tertiary/aromatic N) is 1. The molecule has 102 valence electrons. The number of benzene rings is 1. The molecule has 2 heterocycles. The summed E-state index contributed by atoms with van der Waals surface area (Å²) in [5.74, 6) is -0.0215. The Kier molecular flexibility index (Phi) is 2.99. The van der Waals surface area contributed by atoms with E-state index < -0.39 is 11.7 Å². The number of thiazole rings is 1. The molecule has 0 radical (unpaired) electrons. The van der Waals surface area contributed by atoms with Crippen LogP contribution in [0.3, 0.4) is 0 Å². The molecule has 2 aromatic rings. The highest BCUT2D eigenvalue weighted by Crippen LogP contribution is 2.35. The first kappa shape index (κ1) is 12.8. The summed E-state index contributed by atoms with van der Waals surface area (Å²) in [7, 11) is 0. The van der Waals surface area contributed by atoms with Crippen molar-refractivity contribution in [2.75, 3.05) is 13.2 Å².